The number of aromatic nitrogens is 3. The summed E-state index contributed by atoms with van der Waals surface area (Å²) in [6.45, 7) is 6.25. The van der Waals surface area contributed by atoms with Gasteiger partial charge in [-0.3, -0.25) is 4.99 Å². The molecule has 5 aromatic rings. The minimum atomic E-state index is 0.784. The van der Waals surface area contributed by atoms with Crippen LogP contribution in [-0.2, 0) is 0 Å². The van der Waals surface area contributed by atoms with Crippen LogP contribution in [0, 0.1) is 0 Å². The maximum atomic E-state index is 4.84. The summed E-state index contributed by atoms with van der Waals surface area (Å²) in [6, 6.07) is 27.2. The summed E-state index contributed by atoms with van der Waals surface area (Å²) in [5, 5.41) is 0. The normalized spacial score (nSPS) is 14.9. The van der Waals surface area contributed by atoms with E-state index in [1.807, 2.05) is 61.2 Å². The van der Waals surface area contributed by atoms with Gasteiger partial charge in [0.15, 0.2) is 5.82 Å². The number of hydrogen-bond acceptors (Lipinski definition) is 6. The summed E-state index contributed by atoms with van der Waals surface area (Å²) in [5.41, 5.74) is 8.08. The molecule has 5 heterocycles. The number of anilines is 4. The molecule has 41 heavy (non-hydrogen) atoms. The quantitative estimate of drug-likeness (QED) is 0.218. The van der Waals surface area contributed by atoms with Gasteiger partial charge in [-0.25, -0.2) is 9.97 Å². The lowest BCUT2D eigenvalue weighted by atomic mass is 10.1. The van der Waals surface area contributed by atoms with Gasteiger partial charge < -0.3 is 19.1 Å². The summed E-state index contributed by atoms with van der Waals surface area (Å²) in [4.78, 5) is 20.7. The first-order valence-electron chi connectivity index (χ1n) is 13.7. The topological polar surface area (TPSA) is 52.3 Å². The van der Waals surface area contributed by atoms with Gasteiger partial charge in [0, 0.05) is 73.1 Å². The maximum absolute atomic E-state index is 4.84. The van der Waals surface area contributed by atoms with Crippen LogP contribution in [0.3, 0.4) is 0 Å². The molecule has 200 valence electrons. The Labute approximate surface area is 239 Å². The lowest BCUT2D eigenvalue weighted by Gasteiger charge is -2.38. The predicted molar refractivity (Wildman–Crippen MR) is 168 cm³/mol. The van der Waals surface area contributed by atoms with E-state index in [9.17, 15) is 0 Å². The molecule has 0 amide bonds. The molecule has 0 spiro atoms. The van der Waals surface area contributed by atoms with Crippen LogP contribution in [0.25, 0.3) is 22.6 Å². The van der Waals surface area contributed by atoms with E-state index >= 15 is 0 Å². The third-order valence-corrected chi connectivity index (χ3v) is 7.43. The van der Waals surface area contributed by atoms with E-state index in [0.29, 0.717) is 0 Å². The third kappa shape index (κ3) is 4.78. The number of fused-ring (bicyclic) bond motifs is 2. The van der Waals surface area contributed by atoms with E-state index in [0.717, 1.165) is 70.7 Å². The number of allylic oxidation sites excluding steroid dienone is 2. The van der Waals surface area contributed by atoms with E-state index < -0.39 is 0 Å². The Morgan fingerprint density at radius 2 is 1.76 bits per heavy atom. The zero-order chi connectivity index (χ0) is 27.6. The molecule has 0 unspecified atom stereocenters. The molecule has 0 aliphatic carbocycles. The van der Waals surface area contributed by atoms with Crippen LogP contribution in [0.15, 0.2) is 133 Å². The van der Waals surface area contributed by atoms with Crippen LogP contribution in [0.4, 0.5) is 22.9 Å². The van der Waals surface area contributed by atoms with E-state index in [2.05, 4.69) is 97.7 Å². The smallest absolute Gasteiger partial charge is 0.157 e. The number of pyridine rings is 2. The second-order valence-corrected chi connectivity index (χ2v) is 9.98. The van der Waals surface area contributed by atoms with Crippen molar-refractivity contribution in [3.63, 3.8) is 0 Å². The lowest BCUT2D eigenvalue weighted by molar-refractivity contribution is 0.561. The van der Waals surface area contributed by atoms with Crippen LogP contribution >= 0.6 is 0 Å². The van der Waals surface area contributed by atoms with Gasteiger partial charge in [-0.2, -0.15) is 0 Å². The van der Waals surface area contributed by atoms with Crippen LogP contribution in [-0.4, -0.2) is 45.6 Å². The number of aliphatic imine (C=N–C) groups is 1. The molecule has 0 saturated heterocycles. The second-order valence-electron chi connectivity index (χ2n) is 9.98. The molecule has 7 rings (SSSR count). The fraction of sp³-hybridized carbons (Fsp3) is 0.0882. The number of hydrogen-bond donors (Lipinski definition) is 0. The summed E-state index contributed by atoms with van der Waals surface area (Å²) in [6.07, 6.45) is 16.2. The fourth-order valence-electron chi connectivity index (χ4n) is 5.43. The van der Waals surface area contributed by atoms with Crippen molar-refractivity contribution in [2.75, 3.05) is 29.4 Å². The van der Waals surface area contributed by atoms with Gasteiger partial charge in [0.05, 0.1) is 17.1 Å². The van der Waals surface area contributed by atoms with Crippen molar-refractivity contribution in [1.29, 1.82) is 0 Å². The van der Waals surface area contributed by atoms with Crippen molar-refractivity contribution in [2.45, 2.75) is 0 Å². The number of benzene rings is 2. The van der Waals surface area contributed by atoms with Gasteiger partial charge in [0.25, 0.3) is 0 Å². The number of rotatable bonds is 6. The predicted octanol–water partition coefficient (Wildman–Crippen LogP) is 7.07. The Kier molecular flexibility index (Phi) is 6.37. The first-order chi connectivity index (χ1) is 20.3. The van der Waals surface area contributed by atoms with Crippen LogP contribution in [0.5, 0.6) is 0 Å². The zero-order valence-electron chi connectivity index (χ0n) is 22.6. The first-order valence-corrected chi connectivity index (χ1v) is 13.7. The standard InChI is InChI=1S/C34H29N7/c1-35-30(24-38-17-4-2-5-18-38)26-10-7-13-29(22-26)41-21-20-40(32-14-9-16-36-34(32)41)28-12-8-11-27(23-28)31-25-39-19-6-3-15-33(39)37-31/h2-17,19,22-25H,1,18,20-21H2/b30-24-. The molecule has 0 fully saturated rings. The Bertz CT molecular complexity index is 1800. The van der Waals surface area contributed by atoms with Crippen molar-refractivity contribution in [1.82, 2.24) is 19.3 Å². The molecule has 3 aromatic heterocycles. The molecule has 2 aromatic carbocycles. The largest absolute Gasteiger partial charge is 0.348 e. The Morgan fingerprint density at radius 3 is 2.61 bits per heavy atom. The molecule has 2 aliphatic heterocycles. The molecule has 0 bridgehead atoms. The third-order valence-electron chi connectivity index (χ3n) is 7.43. The van der Waals surface area contributed by atoms with Crippen LogP contribution in [0.2, 0.25) is 0 Å². The zero-order valence-corrected chi connectivity index (χ0v) is 22.6. The summed E-state index contributed by atoms with van der Waals surface area (Å²) in [5.74, 6) is 0.926. The maximum Gasteiger partial charge on any atom is 0.157 e. The lowest BCUT2D eigenvalue weighted by Crippen LogP contribution is -2.36. The molecule has 0 saturated carbocycles. The molecule has 0 radical (unpaired) electrons. The van der Waals surface area contributed by atoms with Crippen LogP contribution < -0.4 is 9.80 Å². The van der Waals surface area contributed by atoms with Gasteiger partial charge >= 0.3 is 0 Å². The van der Waals surface area contributed by atoms with Gasteiger partial charge in [-0.15, -0.1) is 0 Å². The average Bonchev–Trinajstić information content (AvgIpc) is 3.48. The minimum Gasteiger partial charge on any atom is -0.348 e. The van der Waals surface area contributed by atoms with Crippen molar-refractivity contribution in [3.8, 4) is 11.3 Å². The Balaban J connectivity index is 1.21. The van der Waals surface area contributed by atoms with E-state index in [1.165, 1.54) is 0 Å². The summed E-state index contributed by atoms with van der Waals surface area (Å²) in [7, 11) is 0. The van der Waals surface area contributed by atoms with Crippen LogP contribution in [0.1, 0.15) is 5.56 Å². The monoisotopic (exact) mass is 535 g/mol. The fourth-order valence-corrected chi connectivity index (χ4v) is 5.43. The van der Waals surface area contributed by atoms with Crippen molar-refractivity contribution >= 4 is 40.9 Å². The number of imidazole rings is 1. The highest BCUT2D eigenvalue weighted by Gasteiger charge is 2.26. The Morgan fingerprint density at radius 1 is 0.878 bits per heavy atom. The highest BCUT2D eigenvalue weighted by molar-refractivity contribution is 5.83. The summed E-state index contributed by atoms with van der Waals surface area (Å²) < 4.78 is 2.05. The molecular weight excluding hydrogens is 506 g/mol. The first kappa shape index (κ1) is 24.6. The van der Waals surface area contributed by atoms with E-state index in [4.69, 9.17) is 9.97 Å². The average molecular weight is 536 g/mol. The molecular formula is C34H29N7. The van der Waals surface area contributed by atoms with Crippen molar-refractivity contribution in [3.05, 3.63) is 134 Å². The molecule has 0 N–H and O–H groups in total. The molecule has 7 nitrogen and oxygen atoms in total. The summed E-state index contributed by atoms with van der Waals surface area (Å²) >= 11 is 0. The van der Waals surface area contributed by atoms with Crippen molar-refractivity contribution < 1.29 is 0 Å². The molecule has 2 aliphatic rings. The highest BCUT2D eigenvalue weighted by atomic mass is 15.3. The van der Waals surface area contributed by atoms with Crippen molar-refractivity contribution in [2.24, 2.45) is 4.99 Å². The molecule has 7 heteroatoms. The van der Waals surface area contributed by atoms with Gasteiger partial charge in [0.1, 0.15) is 5.65 Å². The van der Waals surface area contributed by atoms with Gasteiger partial charge in [-0.1, -0.05) is 42.5 Å². The second kappa shape index (κ2) is 10.6. The van der Waals surface area contributed by atoms with E-state index in [1.54, 1.807) is 0 Å². The van der Waals surface area contributed by atoms with Gasteiger partial charge in [0.2, 0.25) is 0 Å². The highest BCUT2D eigenvalue weighted by Crippen LogP contribution is 2.40. The SMILES string of the molecule is C=N/C(=C\N1C=CC=CC1)c1cccc(N2CCN(c3cccc(-c4cn5ccccc5n4)c3)c3cccnc32)c1. The minimum absolute atomic E-state index is 0.784. The molecule has 0 atom stereocenters. The Hall–Kier alpha value is -5.43. The van der Waals surface area contributed by atoms with Gasteiger partial charge in [-0.05, 0) is 61.3 Å². The van der Waals surface area contributed by atoms with E-state index in [-0.39, 0.29) is 0 Å². The number of nitrogens with zero attached hydrogens (tertiary/aromatic N) is 7.